The first-order valence-corrected chi connectivity index (χ1v) is 12.1. The molecule has 0 saturated heterocycles. The summed E-state index contributed by atoms with van der Waals surface area (Å²) < 4.78 is 80.3. The van der Waals surface area contributed by atoms with Crippen molar-refractivity contribution in [1.82, 2.24) is 10.6 Å². The zero-order chi connectivity index (χ0) is 25.3. The minimum absolute atomic E-state index is 0.150. The van der Waals surface area contributed by atoms with E-state index in [0.29, 0.717) is 38.0 Å². The van der Waals surface area contributed by atoms with Crippen molar-refractivity contribution in [3.05, 3.63) is 0 Å². The predicted octanol–water partition coefficient (Wildman–Crippen LogP) is 7.73. The van der Waals surface area contributed by atoms with Crippen molar-refractivity contribution in [3.63, 3.8) is 0 Å². The first-order chi connectivity index (χ1) is 14.4. The minimum Gasteiger partial charge on any atom is -0.303 e. The van der Waals surface area contributed by atoms with Crippen LogP contribution in [-0.4, -0.2) is 36.5 Å². The van der Waals surface area contributed by atoms with Crippen LogP contribution in [0.2, 0.25) is 0 Å². The number of hydrogen-bond acceptors (Lipinski definition) is 2. The zero-order valence-electron chi connectivity index (χ0n) is 21.1. The third-order valence-corrected chi connectivity index (χ3v) is 6.25. The Kier molecular flexibility index (Phi) is 13.8. The molecule has 0 radical (unpaired) electrons. The van der Waals surface area contributed by atoms with Crippen LogP contribution < -0.4 is 10.6 Å². The van der Waals surface area contributed by atoms with E-state index in [2.05, 4.69) is 24.5 Å². The molecule has 0 spiro atoms. The van der Waals surface area contributed by atoms with Gasteiger partial charge < -0.3 is 10.6 Å². The molecule has 0 aliphatic rings. The summed E-state index contributed by atoms with van der Waals surface area (Å²) in [6.07, 6.45) is -4.74. The molecule has 0 aromatic rings. The Bertz CT molecular complexity index is 490. The highest BCUT2D eigenvalue weighted by atomic mass is 19.4. The summed E-state index contributed by atoms with van der Waals surface area (Å²) in [5, 5.41) is 5.46. The first-order valence-electron chi connectivity index (χ1n) is 12.1. The molecule has 0 aromatic heterocycles. The summed E-state index contributed by atoms with van der Waals surface area (Å²) in [4.78, 5) is 0. The molecule has 0 amide bonds. The summed E-state index contributed by atoms with van der Waals surface area (Å²) in [5.74, 6) is -0.529. The van der Waals surface area contributed by atoms with Gasteiger partial charge in [0.05, 0.1) is 0 Å². The van der Waals surface area contributed by atoms with Crippen molar-refractivity contribution in [2.24, 2.45) is 23.7 Å². The summed E-state index contributed by atoms with van der Waals surface area (Å²) >= 11 is 0. The number of halogens is 6. The van der Waals surface area contributed by atoms with E-state index in [4.69, 9.17) is 0 Å². The normalized spacial score (nSPS) is 19.1. The second-order valence-electron chi connectivity index (χ2n) is 10.6. The molecule has 0 aliphatic heterocycles. The Labute approximate surface area is 191 Å². The van der Waals surface area contributed by atoms with Crippen LogP contribution in [0.3, 0.4) is 0 Å². The number of rotatable bonds is 15. The Morgan fingerprint density at radius 3 is 1.34 bits per heavy atom. The van der Waals surface area contributed by atoms with Gasteiger partial charge in [0.25, 0.3) is 0 Å². The molecule has 32 heavy (non-hydrogen) atoms. The fraction of sp³-hybridized carbons (Fsp3) is 1.00. The van der Waals surface area contributed by atoms with Crippen LogP contribution >= 0.6 is 0 Å². The van der Waals surface area contributed by atoms with Gasteiger partial charge in [-0.05, 0) is 69.6 Å². The van der Waals surface area contributed by atoms with Gasteiger partial charge in [-0.2, -0.15) is 26.3 Å². The molecule has 2 nitrogen and oxygen atoms in total. The van der Waals surface area contributed by atoms with E-state index in [0.717, 1.165) is 6.42 Å². The largest absolute Gasteiger partial charge is 0.404 e. The van der Waals surface area contributed by atoms with Crippen LogP contribution in [-0.2, 0) is 0 Å². The molecule has 194 valence electrons. The summed E-state index contributed by atoms with van der Waals surface area (Å²) in [5.41, 5.74) is 0. The maximum absolute atomic E-state index is 13.6. The maximum Gasteiger partial charge on any atom is 0.404 e. The van der Waals surface area contributed by atoms with E-state index in [-0.39, 0.29) is 18.0 Å². The maximum atomic E-state index is 13.6. The highest BCUT2D eigenvalue weighted by Gasteiger charge is 2.43. The molecule has 0 bridgehead atoms. The van der Waals surface area contributed by atoms with E-state index in [1.165, 1.54) is 13.8 Å². The van der Waals surface area contributed by atoms with Gasteiger partial charge in [0, 0.05) is 12.1 Å². The van der Waals surface area contributed by atoms with Gasteiger partial charge in [0.1, 0.15) is 12.1 Å². The van der Waals surface area contributed by atoms with E-state index < -0.39 is 36.3 Å². The Morgan fingerprint density at radius 2 is 0.938 bits per heavy atom. The van der Waals surface area contributed by atoms with Crippen LogP contribution in [0.5, 0.6) is 0 Å². The lowest BCUT2D eigenvalue weighted by molar-refractivity contribution is -0.169. The molecule has 2 N–H and O–H groups in total. The fourth-order valence-electron chi connectivity index (χ4n) is 4.00. The lowest BCUT2D eigenvalue weighted by Gasteiger charge is -2.31. The molecule has 0 aromatic carbocycles. The van der Waals surface area contributed by atoms with Crippen molar-refractivity contribution in [2.75, 3.05) is 0 Å². The predicted molar refractivity (Wildman–Crippen MR) is 121 cm³/mol. The van der Waals surface area contributed by atoms with Crippen LogP contribution in [0.1, 0.15) is 93.9 Å². The quantitative estimate of drug-likeness (QED) is 0.236. The van der Waals surface area contributed by atoms with Gasteiger partial charge in [-0.15, -0.1) is 0 Å². The third-order valence-electron chi connectivity index (χ3n) is 6.25. The topological polar surface area (TPSA) is 24.1 Å². The third kappa shape index (κ3) is 13.3. The van der Waals surface area contributed by atoms with Crippen molar-refractivity contribution < 1.29 is 26.3 Å². The second-order valence-corrected chi connectivity index (χ2v) is 10.6. The van der Waals surface area contributed by atoms with Crippen molar-refractivity contribution in [1.29, 1.82) is 0 Å². The minimum atomic E-state index is -4.31. The molecular formula is C24H46F6N2. The van der Waals surface area contributed by atoms with Crippen LogP contribution in [0, 0.1) is 23.7 Å². The SMILES string of the molecule is CC(C)CC[C@@H](C)N[C@H](C(C)CCC(C)CC[C@@H](C)N[C@@H](C(C)C)C(F)(F)F)C(F)(F)F. The van der Waals surface area contributed by atoms with Crippen molar-refractivity contribution in [3.8, 4) is 0 Å². The highest BCUT2D eigenvalue weighted by Crippen LogP contribution is 2.31. The summed E-state index contributed by atoms with van der Waals surface area (Å²) in [7, 11) is 0. The fourth-order valence-corrected chi connectivity index (χ4v) is 4.00. The summed E-state index contributed by atoms with van der Waals surface area (Å²) in [6, 6.07) is -3.62. The molecule has 0 heterocycles. The molecule has 8 heteroatoms. The van der Waals surface area contributed by atoms with E-state index in [1.807, 2.05) is 6.92 Å². The Morgan fingerprint density at radius 1 is 0.531 bits per heavy atom. The lowest BCUT2D eigenvalue weighted by Crippen LogP contribution is -2.50. The molecule has 0 fully saturated rings. The van der Waals surface area contributed by atoms with Gasteiger partial charge in [-0.3, -0.25) is 0 Å². The molecule has 2 unspecified atom stereocenters. The second kappa shape index (κ2) is 14.0. The first kappa shape index (κ1) is 31.5. The van der Waals surface area contributed by atoms with Gasteiger partial charge in [0.15, 0.2) is 0 Å². The smallest absolute Gasteiger partial charge is 0.303 e. The van der Waals surface area contributed by atoms with Crippen LogP contribution in [0.25, 0.3) is 0 Å². The van der Waals surface area contributed by atoms with Crippen LogP contribution in [0.4, 0.5) is 26.3 Å². The van der Waals surface area contributed by atoms with E-state index in [1.54, 1.807) is 20.8 Å². The molecule has 0 aliphatic carbocycles. The number of hydrogen-bond donors (Lipinski definition) is 2. The Balaban J connectivity index is 4.62. The van der Waals surface area contributed by atoms with Crippen molar-refractivity contribution >= 4 is 0 Å². The molecular weight excluding hydrogens is 430 g/mol. The average Bonchev–Trinajstić information content (AvgIpc) is 2.62. The highest BCUT2D eigenvalue weighted by molar-refractivity contribution is 4.84. The van der Waals surface area contributed by atoms with Gasteiger partial charge in [-0.1, -0.05) is 48.0 Å². The van der Waals surface area contributed by atoms with Gasteiger partial charge >= 0.3 is 12.4 Å². The standard InChI is InChI=1S/C24H46F6N2/c1-15(2)9-13-19(7)32-22(24(28,29)30)18(6)12-10-17(5)11-14-20(8)31-21(16(3)4)23(25,26)27/h15-22,31-32H,9-14H2,1-8H3/t17?,18?,19-,20-,21+,22-/m1/s1. The van der Waals surface area contributed by atoms with Crippen LogP contribution in [0.15, 0.2) is 0 Å². The average molecular weight is 477 g/mol. The lowest BCUT2D eigenvalue weighted by atomic mass is 9.89. The van der Waals surface area contributed by atoms with Gasteiger partial charge in [0.2, 0.25) is 0 Å². The number of nitrogens with one attached hydrogen (secondary N) is 2. The molecule has 0 rings (SSSR count). The molecule has 0 saturated carbocycles. The zero-order valence-corrected chi connectivity index (χ0v) is 21.1. The van der Waals surface area contributed by atoms with E-state index in [9.17, 15) is 26.3 Å². The molecule has 6 atom stereocenters. The monoisotopic (exact) mass is 476 g/mol. The van der Waals surface area contributed by atoms with Gasteiger partial charge in [-0.25, -0.2) is 0 Å². The Hall–Kier alpha value is -0.500. The number of alkyl halides is 6. The van der Waals surface area contributed by atoms with E-state index >= 15 is 0 Å². The van der Waals surface area contributed by atoms with Crippen molar-refractivity contribution in [2.45, 2.75) is 130 Å². The summed E-state index contributed by atoms with van der Waals surface area (Å²) in [6.45, 7) is 14.3.